The van der Waals surface area contributed by atoms with E-state index in [-0.39, 0.29) is 22.8 Å². The molecule has 0 radical (unpaired) electrons. The lowest BCUT2D eigenvalue weighted by atomic mass is 10.0. The van der Waals surface area contributed by atoms with E-state index in [9.17, 15) is 9.59 Å². The van der Waals surface area contributed by atoms with Crippen molar-refractivity contribution in [1.82, 2.24) is 15.3 Å². The molecule has 144 valence electrons. The second kappa shape index (κ2) is 6.72. The Balaban J connectivity index is 1.77. The average molecular weight is 370 g/mol. The largest absolute Gasteiger partial charge is 0.488 e. The van der Waals surface area contributed by atoms with Gasteiger partial charge in [-0.1, -0.05) is 12.1 Å². The Hall–Kier alpha value is -2.83. The fourth-order valence-electron chi connectivity index (χ4n) is 2.86. The van der Waals surface area contributed by atoms with Gasteiger partial charge >= 0.3 is 0 Å². The van der Waals surface area contributed by atoms with Crippen LogP contribution < -0.4 is 20.5 Å². The topological polar surface area (TPSA) is 87.3 Å². The van der Waals surface area contributed by atoms with Crippen LogP contribution in [0.15, 0.2) is 35.1 Å². The molecule has 1 amide bonds. The van der Waals surface area contributed by atoms with Gasteiger partial charge < -0.3 is 15.0 Å². The van der Waals surface area contributed by atoms with Gasteiger partial charge in [0.05, 0.1) is 5.54 Å². The van der Waals surface area contributed by atoms with Gasteiger partial charge in [-0.05, 0) is 51.3 Å². The van der Waals surface area contributed by atoms with Gasteiger partial charge in [0.2, 0.25) is 5.95 Å². The number of hydrogen-bond acceptors (Lipinski definition) is 5. The van der Waals surface area contributed by atoms with E-state index in [1.165, 1.54) is 6.07 Å². The fraction of sp³-hybridized carbons (Fsp3) is 0.450. The molecule has 1 aliphatic carbocycles. The predicted octanol–water partition coefficient (Wildman–Crippen LogP) is 2.43. The predicted molar refractivity (Wildman–Crippen MR) is 104 cm³/mol. The number of H-pyrrole nitrogens is 1. The van der Waals surface area contributed by atoms with Gasteiger partial charge in [-0.15, -0.1) is 0 Å². The Labute approximate surface area is 158 Å². The number of nitrogens with one attached hydrogen (secondary N) is 2. The number of anilines is 1. The molecule has 3 rings (SSSR count). The Bertz CT molecular complexity index is 891. The number of rotatable bonds is 5. The van der Waals surface area contributed by atoms with E-state index < -0.39 is 5.54 Å². The SMILES string of the molecule is CN(C)c1nc(C(=O)NC2(c3ccc(OC(C)(C)C)cc3)CC2)cc(=O)[nH]1. The standard InChI is InChI=1S/C20H26N4O3/c1-19(2,3)27-14-8-6-13(7-9-14)20(10-11-20)23-17(26)15-12-16(25)22-18(21-15)24(4)5/h6-9,12H,10-11H2,1-5H3,(H,23,26)(H,21,22,25). The first kappa shape index (κ1) is 18.9. The van der Waals surface area contributed by atoms with Crippen LogP contribution in [0, 0.1) is 0 Å². The molecular formula is C20H26N4O3. The summed E-state index contributed by atoms with van der Waals surface area (Å²) in [6.45, 7) is 6.00. The quantitative estimate of drug-likeness (QED) is 0.844. The van der Waals surface area contributed by atoms with Crippen molar-refractivity contribution >= 4 is 11.9 Å². The van der Waals surface area contributed by atoms with E-state index in [0.717, 1.165) is 24.2 Å². The summed E-state index contributed by atoms with van der Waals surface area (Å²) in [6, 6.07) is 9.01. The molecule has 27 heavy (non-hydrogen) atoms. The van der Waals surface area contributed by atoms with Crippen LogP contribution in [-0.2, 0) is 5.54 Å². The number of aromatic nitrogens is 2. The maximum absolute atomic E-state index is 12.7. The Morgan fingerprint density at radius 3 is 2.37 bits per heavy atom. The number of aromatic amines is 1. The summed E-state index contributed by atoms with van der Waals surface area (Å²) < 4.78 is 5.85. The summed E-state index contributed by atoms with van der Waals surface area (Å²) in [5.74, 6) is 0.790. The number of nitrogens with zero attached hydrogens (tertiary/aromatic N) is 2. The molecule has 1 aromatic carbocycles. The molecule has 2 aromatic rings. The lowest BCUT2D eigenvalue weighted by Crippen LogP contribution is -2.36. The van der Waals surface area contributed by atoms with Gasteiger partial charge in [-0.25, -0.2) is 4.98 Å². The molecule has 7 nitrogen and oxygen atoms in total. The normalized spacial score (nSPS) is 15.1. The zero-order chi connectivity index (χ0) is 19.8. The lowest BCUT2D eigenvalue weighted by Gasteiger charge is -2.22. The molecule has 0 bridgehead atoms. The van der Waals surface area contributed by atoms with Gasteiger partial charge in [0.25, 0.3) is 11.5 Å². The van der Waals surface area contributed by atoms with Crippen molar-refractivity contribution in [3.8, 4) is 5.75 Å². The van der Waals surface area contributed by atoms with Crippen molar-refractivity contribution in [2.24, 2.45) is 0 Å². The van der Waals surface area contributed by atoms with Gasteiger partial charge in [-0.3, -0.25) is 14.6 Å². The van der Waals surface area contributed by atoms with E-state index in [0.29, 0.717) is 5.95 Å². The highest BCUT2D eigenvalue weighted by Gasteiger charge is 2.46. The third kappa shape index (κ3) is 4.48. The highest BCUT2D eigenvalue weighted by Crippen LogP contribution is 2.46. The van der Waals surface area contributed by atoms with Crippen LogP contribution in [0.5, 0.6) is 5.75 Å². The van der Waals surface area contributed by atoms with Crippen LogP contribution in [0.1, 0.15) is 49.7 Å². The number of carbonyl (C=O) groups is 1. The van der Waals surface area contributed by atoms with Crippen LogP contribution >= 0.6 is 0 Å². The van der Waals surface area contributed by atoms with Crippen molar-refractivity contribution in [1.29, 1.82) is 0 Å². The molecule has 2 N–H and O–H groups in total. The second-order valence-electron chi connectivity index (χ2n) is 8.12. The molecule has 1 aliphatic rings. The maximum Gasteiger partial charge on any atom is 0.270 e. The second-order valence-corrected chi connectivity index (χ2v) is 8.12. The molecule has 0 unspecified atom stereocenters. The molecule has 1 saturated carbocycles. The molecule has 0 aliphatic heterocycles. The molecule has 1 fully saturated rings. The van der Waals surface area contributed by atoms with Crippen LogP contribution in [-0.4, -0.2) is 35.6 Å². The van der Waals surface area contributed by atoms with Gasteiger partial charge in [0.1, 0.15) is 17.0 Å². The third-order valence-electron chi connectivity index (χ3n) is 4.32. The molecule has 0 saturated heterocycles. The van der Waals surface area contributed by atoms with Crippen molar-refractivity contribution < 1.29 is 9.53 Å². The Morgan fingerprint density at radius 1 is 1.22 bits per heavy atom. The number of hydrogen-bond donors (Lipinski definition) is 2. The van der Waals surface area contributed by atoms with Crippen LogP contribution in [0.4, 0.5) is 5.95 Å². The van der Waals surface area contributed by atoms with Gasteiger partial charge in [-0.2, -0.15) is 0 Å². The average Bonchev–Trinajstić information content (AvgIpc) is 3.34. The van der Waals surface area contributed by atoms with E-state index >= 15 is 0 Å². The van der Waals surface area contributed by atoms with Crippen molar-refractivity contribution in [3.05, 3.63) is 51.9 Å². The van der Waals surface area contributed by atoms with E-state index in [1.54, 1.807) is 19.0 Å². The molecular weight excluding hydrogens is 344 g/mol. The molecule has 0 atom stereocenters. The fourth-order valence-corrected chi connectivity index (χ4v) is 2.86. The highest BCUT2D eigenvalue weighted by molar-refractivity contribution is 5.93. The van der Waals surface area contributed by atoms with Crippen molar-refractivity contribution in [3.63, 3.8) is 0 Å². The van der Waals surface area contributed by atoms with Gasteiger partial charge in [0, 0.05) is 20.2 Å². The minimum absolute atomic E-state index is 0.112. The maximum atomic E-state index is 12.7. The number of benzene rings is 1. The highest BCUT2D eigenvalue weighted by atomic mass is 16.5. The molecule has 7 heteroatoms. The van der Waals surface area contributed by atoms with Crippen molar-refractivity contribution in [2.75, 3.05) is 19.0 Å². The van der Waals surface area contributed by atoms with Crippen LogP contribution in [0.25, 0.3) is 0 Å². The Kier molecular flexibility index (Phi) is 4.71. The first-order chi connectivity index (χ1) is 12.6. The lowest BCUT2D eigenvalue weighted by molar-refractivity contribution is 0.0925. The first-order valence-electron chi connectivity index (χ1n) is 8.99. The monoisotopic (exact) mass is 370 g/mol. The molecule has 0 spiro atoms. The summed E-state index contributed by atoms with van der Waals surface area (Å²) in [7, 11) is 3.51. The molecule has 1 aromatic heterocycles. The summed E-state index contributed by atoms with van der Waals surface area (Å²) in [5.41, 5.74) is 0.117. The van der Waals surface area contributed by atoms with E-state index in [2.05, 4.69) is 15.3 Å². The van der Waals surface area contributed by atoms with Crippen molar-refractivity contribution in [2.45, 2.75) is 44.8 Å². The zero-order valence-electron chi connectivity index (χ0n) is 16.4. The van der Waals surface area contributed by atoms with E-state index in [4.69, 9.17) is 4.74 Å². The summed E-state index contributed by atoms with van der Waals surface area (Å²) in [4.78, 5) is 33.0. The van der Waals surface area contributed by atoms with Crippen LogP contribution in [0.3, 0.4) is 0 Å². The first-order valence-corrected chi connectivity index (χ1v) is 8.99. The Morgan fingerprint density at radius 2 is 1.85 bits per heavy atom. The number of ether oxygens (including phenoxy) is 1. The zero-order valence-corrected chi connectivity index (χ0v) is 16.4. The number of amides is 1. The minimum atomic E-state index is -0.403. The number of carbonyl (C=O) groups excluding carboxylic acids is 1. The van der Waals surface area contributed by atoms with Crippen LogP contribution in [0.2, 0.25) is 0 Å². The summed E-state index contributed by atoms with van der Waals surface area (Å²) >= 11 is 0. The van der Waals surface area contributed by atoms with Gasteiger partial charge in [0.15, 0.2) is 0 Å². The molecule has 1 heterocycles. The third-order valence-corrected chi connectivity index (χ3v) is 4.32. The summed E-state index contributed by atoms with van der Waals surface area (Å²) in [5, 5.41) is 3.05. The van der Waals surface area contributed by atoms with E-state index in [1.807, 2.05) is 45.0 Å². The smallest absolute Gasteiger partial charge is 0.270 e. The minimum Gasteiger partial charge on any atom is -0.488 e. The summed E-state index contributed by atoms with van der Waals surface area (Å²) in [6.07, 6.45) is 1.70.